The molecule has 25 heavy (non-hydrogen) atoms. The normalized spacial score (nSPS) is 15.2. The Kier molecular flexibility index (Phi) is 4.83. The van der Waals surface area contributed by atoms with Gasteiger partial charge in [-0.1, -0.05) is 6.07 Å². The molecular formula is C18H23N5O2. The summed E-state index contributed by atoms with van der Waals surface area (Å²) in [6.07, 6.45) is 1.82. The molecule has 1 N–H and O–H groups in total. The molecule has 2 heterocycles. The fourth-order valence-electron chi connectivity index (χ4n) is 3.25. The average Bonchev–Trinajstić information content (AvgIpc) is 2.56. The van der Waals surface area contributed by atoms with Crippen LogP contribution in [-0.2, 0) is 0 Å². The van der Waals surface area contributed by atoms with Gasteiger partial charge < -0.3 is 10.2 Å². The van der Waals surface area contributed by atoms with E-state index in [1.54, 1.807) is 12.1 Å². The molecule has 7 heteroatoms. The van der Waals surface area contributed by atoms with Crippen LogP contribution in [0.3, 0.4) is 0 Å². The highest BCUT2D eigenvalue weighted by molar-refractivity contribution is 5.63. The van der Waals surface area contributed by atoms with Crippen molar-refractivity contribution in [1.82, 2.24) is 9.97 Å². The maximum Gasteiger partial charge on any atom is 0.292 e. The van der Waals surface area contributed by atoms with Crippen molar-refractivity contribution in [2.24, 2.45) is 0 Å². The summed E-state index contributed by atoms with van der Waals surface area (Å²) < 4.78 is 0. The van der Waals surface area contributed by atoms with Gasteiger partial charge in [-0.15, -0.1) is 0 Å². The van der Waals surface area contributed by atoms with Gasteiger partial charge in [-0.05, 0) is 45.2 Å². The van der Waals surface area contributed by atoms with E-state index in [1.807, 2.05) is 32.9 Å². The van der Waals surface area contributed by atoms with Crippen LogP contribution in [0.15, 0.2) is 24.3 Å². The number of aromatic nitrogens is 2. The third kappa shape index (κ3) is 4.04. The number of nitrogens with one attached hydrogen (secondary N) is 1. The van der Waals surface area contributed by atoms with E-state index in [9.17, 15) is 10.1 Å². The lowest BCUT2D eigenvalue weighted by Crippen LogP contribution is -2.39. The molecule has 7 nitrogen and oxygen atoms in total. The molecule has 2 aromatic rings. The Bertz CT molecular complexity index is 765. The van der Waals surface area contributed by atoms with Gasteiger partial charge in [0.15, 0.2) is 0 Å². The highest BCUT2D eigenvalue weighted by Gasteiger charge is 2.23. The third-order valence-corrected chi connectivity index (χ3v) is 4.48. The largest absolute Gasteiger partial charge is 0.377 e. The van der Waals surface area contributed by atoms with E-state index >= 15 is 0 Å². The maximum atomic E-state index is 11.3. The Balaban J connectivity index is 1.66. The molecule has 0 atom stereocenters. The molecule has 0 bridgehead atoms. The number of benzene rings is 1. The zero-order valence-electron chi connectivity index (χ0n) is 14.8. The molecule has 0 saturated carbocycles. The first kappa shape index (κ1) is 17.1. The van der Waals surface area contributed by atoms with Gasteiger partial charge in [0.05, 0.1) is 4.92 Å². The molecular weight excluding hydrogens is 318 g/mol. The second-order valence-corrected chi connectivity index (χ2v) is 6.60. The lowest BCUT2D eigenvalue weighted by Gasteiger charge is -2.33. The highest BCUT2D eigenvalue weighted by atomic mass is 16.6. The van der Waals surface area contributed by atoms with Gasteiger partial charge >= 0.3 is 0 Å². The van der Waals surface area contributed by atoms with Crippen molar-refractivity contribution >= 4 is 17.2 Å². The number of aryl methyl sites for hydroxylation is 3. The lowest BCUT2D eigenvalue weighted by atomic mass is 10.0. The third-order valence-electron chi connectivity index (χ3n) is 4.48. The number of hydrogen-bond donors (Lipinski definition) is 1. The number of rotatable bonds is 4. The molecule has 0 spiro atoms. The summed E-state index contributed by atoms with van der Waals surface area (Å²) in [5.74, 6) is 1.75. The van der Waals surface area contributed by atoms with Crippen molar-refractivity contribution < 1.29 is 4.92 Å². The van der Waals surface area contributed by atoms with Gasteiger partial charge in [0.25, 0.3) is 5.69 Å². The van der Waals surface area contributed by atoms with Gasteiger partial charge in [0.1, 0.15) is 17.3 Å². The number of nitrogens with zero attached hydrogens (tertiary/aromatic N) is 4. The first-order chi connectivity index (χ1) is 11.9. The van der Waals surface area contributed by atoms with Crippen molar-refractivity contribution in [2.45, 2.75) is 39.7 Å². The molecule has 0 amide bonds. The Labute approximate surface area is 147 Å². The topological polar surface area (TPSA) is 84.2 Å². The Hall–Kier alpha value is -2.70. The smallest absolute Gasteiger partial charge is 0.292 e. The van der Waals surface area contributed by atoms with Crippen LogP contribution in [0.25, 0.3) is 0 Å². The van der Waals surface area contributed by atoms with Gasteiger partial charge in [0.2, 0.25) is 0 Å². The summed E-state index contributed by atoms with van der Waals surface area (Å²) >= 11 is 0. The molecule has 1 aliphatic rings. The van der Waals surface area contributed by atoms with E-state index in [2.05, 4.69) is 20.2 Å². The summed E-state index contributed by atoms with van der Waals surface area (Å²) in [7, 11) is 0. The SMILES string of the molecule is Cc1ccc(NC2CCN(c3cc(C)nc(C)n3)CC2)c([N+](=O)[O-])c1. The summed E-state index contributed by atoms with van der Waals surface area (Å²) in [5.41, 5.74) is 2.60. The van der Waals surface area contributed by atoms with E-state index < -0.39 is 0 Å². The Morgan fingerprint density at radius 2 is 1.88 bits per heavy atom. The molecule has 0 aliphatic carbocycles. The van der Waals surface area contributed by atoms with Crippen LogP contribution in [0.2, 0.25) is 0 Å². The predicted molar refractivity (Wildman–Crippen MR) is 98.2 cm³/mol. The minimum absolute atomic E-state index is 0.143. The van der Waals surface area contributed by atoms with Crippen LogP contribution in [0.1, 0.15) is 29.9 Å². The summed E-state index contributed by atoms with van der Waals surface area (Å²) in [5, 5.41) is 14.6. The molecule has 1 saturated heterocycles. The molecule has 0 radical (unpaired) electrons. The first-order valence-corrected chi connectivity index (χ1v) is 8.51. The number of piperidine rings is 1. The van der Waals surface area contributed by atoms with Crippen LogP contribution in [0.4, 0.5) is 17.2 Å². The zero-order chi connectivity index (χ0) is 18.0. The highest BCUT2D eigenvalue weighted by Crippen LogP contribution is 2.28. The second kappa shape index (κ2) is 7.04. The van der Waals surface area contributed by atoms with Gasteiger partial charge in [-0.2, -0.15) is 0 Å². The van der Waals surface area contributed by atoms with Crippen molar-refractivity contribution in [3.05, 3.63) is 51.5 Å². The van der Waals surface area contributed by atoms with Crippen LogP contribution < -0.4 is 10.2 Å². The second-order valence-electron chi connectivity index (χ2n) is 6.60. The first-order valence-electron chi connectivity index (χ1n) is 8.51. The zero-order valence-corrected chi connectivity index (χ0v) is 14.8. The molecule has 0 unspecified atom stereocenters. The minimum Gasteiger partial charge on any atom is -0.377 e. The van der Waals surface area contributed by atoms with Crippen molar-refractivity contribution in [1.29, 1.82) is 0 Å². The van der Waals surface area contributed by atoms with Gasteiger partial charge in [-0.3, -0.25) is 10.1 Å². The van der Waals surface area contributed by atoms with E-state index in [1.165, 1.54) is 0 Å². The lowest BCUT2D eigenvalue weighted by molar-refractivity contribution is -0.384. The number of nitro groups is 1. The fourth-order valence-corrected chi connectivity index (χ4v) is 3.25. The van der Waals surface area contributed by atoms with Gasteiger partial charge in [0, 0.05) is 37.0 Å². The van der Waals surface area contributed by atoms with E-state index in [-0.39, 0.29) is 16.7 Å². The Morgan fingerprint density at radius 1 is 1.16 bits per heavy atom. The average molecular weight is 341 g/mol. The molecule has 1 aromatic heterocycles. The molecule has 3 rings (SSSR count). The summed E-state index contributed by atoms with van der Waals surface area (Å²) in [6.45, 7) is 7.48. The van der Waals surface area contributed by atoms with Crippen molar-refractivity contribution in [2.75, 3.05) is 23.3 Å². The van der Waals surface area contributed by atoms with Crippen LogP contribution >= 0.6 is 0 Å². The van der Waals surface area contributed by atoms with Crippen molar-refractivity contribution in [3.63, 3.8) is 0 Å². The van der Waals surface area contributed by atoms with Crippen LogP contribution in [0, 0.1) is 30.9 Å². The van der Waals surface area contributed by atoms with Crippen molar-refractivity contribution in [3.8, 4) is 0 Å². The standard InChI is InChI=1S/C18H23N5O2/c1-12-4-5-16(17(10-12)23(24)25)21-15-6-8-22(9-7-15)18-11-13(2)19-14(3)20-18/h4-5,10-11,15,21H,6-9H2,1-3H3. The summed E-state index contributed by atoms with van der Waals surface area (Å²) in [4.78, 5) is 22.0. The van der Waals surface area contributed by atoms with Gasteiger partial charge in [-0.25, -0.2) is 9.97 Å². The van der Waals surface area contributed by atoms with E-state index in [0.717, 1.165) is 48.8 Å². The summed E-state index contributed by atoms with van der Waals surface area (Å²) in [6, 6.07) is 7.55. The van der Waals surface area contributed by atoms with E-state index in [4.69, 9.17) is 0 Å². The maximum absolute atomic E-state index is 11.3. The number of nitro benzene ring substituents is 1. The Morgan fingerprint density at radius 3 is 2.52 bits per heavy atom. The monoisotopic (exact) mass is 341 g/mol. The van der Waals surface area contributed by atoms with Crippen LogP contribution in [0.5, 0.6) is 0 Å². The quantitative estimate of drug-likeness (QED) is 0.678. The molecule has 1 aromatic carbocycles. The molecule has 1 fully saturated rings. The molecule has 132 valence electrons. The fraction of sp³-hybridized carbons (Fsp3) is 0.444. The van der Waals surface area contributed by atoms with E-state index in [0.29, 0.717) is 5.69 Å². The van der Waals surface area contributed by atoms with Crippen LogP contribution in [-0.4, -0.2) is 34.0 Å². The molecule has 1 aliphatic heterocycles. The number of anilines is 2. The number of hydrogen-bond acceptors (Lipinski definition) is 6. The minimum atomic E-state index is -0.323. The predicted octanol–water partition coefficient (Wildman–Crippen LogP) is 3.39.